The van der Waals surface area contributed by atoms with Crippen LogP contribution in [0, 0.1) is 7.14 Å². The van der Waals surface area contributed by atoms with Crippen molar-refractivity contribution in [2.45, 2.75) is 6.61 Å². The third kappa shape index (κ3) is 5.33. The molecule has 2 aliphatic rings. The van der Waals surface area contributed by atoms with Gasteiger partial charge < -0.3 is 14.4 Å². The lowest BCUT2D eigenvalue weighted by Gasteiger charge is -2.27. The predicted octanol–water partition coefficient (Wildman–Crippen LogP) is 4.78. The maximum absolute atomic E-state index is 12.5. The number of morpholine rings is 1. The maximum atomic E-state index is 12.5. The Morgan fingerprint density at radius 2 is 1.93 bits per heavy atom. The molecule has 29 heavy (non-hydrogen) atoms. The number of hydrogen-bond acceptors (Lipinski definition) is 5. The van der Waals surface area contributed by atoms with Gasteiger partial charge in [0, 0.05) is 22.2 Å². The maximum Gasteiger partial charge on any atom is 0.286 e. The van der Waals surface area contributed by atoms with Crippen molar-refractivity contribution in [1.82, 2.24) is 4.90 Å². The number of rotatable bonds is 4. The third-order valence-corrected chi connectivity index (χ3v) is 6.91. The van der Waals surface area contributed by atoms with Crippen molar-refractivity contribution in [2.24, 2.45) is 4.99 Å². The summed E-state index contributed by atoms with van der Waals surface area (Å²) in [5, 5.41) is 0.761. The normalized spacial score (nSPS) is 18.3. The van der Waals surface area contributed by atoms with E-state index in [0.29, 0.717) is 24.7 Å². The van der Waals surface area contributed by atoms with Gasteiger partial charge in [-0.3, -0.25) is 4.79 Å². The highest BCUT2D eigenvalue weighted by Crippen LogP contribution is 2.35. The Hall–Kier alpha value is -1.11. The SMILES string of the molecule is O=C1N=C(N2CCOCC2)SC1=Cc1cc(I)cc(I)c1OCc1ccccc1. The summed E-state index contributed by atoms with van der Waals surface area (Å²) in [6, 6.07) is 14.2. The lowest BCUT2D eigenvalue weighted by molar-refractivity contribution is -0.113. The van der Waals surface area contributed by atoms with E-state index in [0.717, 1.165) is 42.3 Å². The average molecular weight is 632 g/mol. The second-order valence-corrected chi connectivity index (χ2v) is 9.91. The van der Waals surface area contributed by atoms with Gasteiger partial charge in [0.05, 0.1) is 21.7 Å². The highest BCUT2D eigenvalue weighted by molar-refractivity contribution is 14.1. The van der Waals surface area contributed by atoms with Crippen LogP contribution in [-0.4, -0.2) is 42.3 Å². The van der Waals surface area contributed by atoms with Crippen LogP contribution in [-0.2, 0) is 16.1 Å². The van der Waals surface area contributed by atoms with E-state index in [1.54, 1.807) is 0 Å². The quantitative estimate of drug-likeness (QED) is 0.359. The fourth-order valence-electron chi connectivity index (χ4n) is 3.00. The van der Waals surface area contributed by atoms with Crippen molar-refractivity contribution in [3.05, 3.63) is 65.6 Å². The second kappa shape index (κ2) is 9.80. The van der Waals surface area contributed by atoms with Crippen molar-refractivity contribution < 1.29 is 14.3 Å². The molecule has 0 aliphatic carbocycles. The molecule has 2 aliphatic heterocycles. The molecule has 1 saturated heterocycles. The smallest absolute Gasteiger partial charge is 0.286 e. The van der Waals surface area contributed by atoms with Crippen LogP contribution in [0.4, 0.5) is 0 Å². The van der Waals surface area contributed by atoms with Crippen LogP contribution in [0.1, 0.15) is 11.1 Å². The molecule has 0 radical (unpaired) electrons. The molecule has 8 heteroatoms. The standard InChI is InChI=1S/C21H18I2N2O3S/c22-16-10-15(19(17(23)12-16)28-13-14-4-2-1-3-5-14)11-18-20(26)24-21(29-18)25-6-8-27-9-7-25/h1-5,10-12H,6-9,13H2. The van der Waals surface area contributed by atoms with Gasteiger partial charge in [-0.25, -0.2) is 0 Å². The first kappa shape index (κ1) is 21.1. The minimum absolute atomic E-state index is 0.195. The Morgan fingerprint density at radius 3 is 2.69 bits per heavy atom. The molecule has 2 aromatic carbocycles. The summed E-state index contributed by atoms with van der Waals surface area (Å²) >= 11 is 6.00. The van der Waals surface area contributed by atoms with Crippen LogP contribution in [0.15, 0.2) is 52.4 Å². The van der Waals surface area contributed by atoms with E-state index < -0.39 is 0 Å². The van der Waals surface area contributed by atoms with Gasteiger partial charge in [0.15, 0.2) is 5.17 Å². The van der Waals surface area contributed by atoms with E-state index in [2.05, 4.69) is 61.1 Å². The summed E-state index contributed by atoms with van der Waals surface area (Å²) in [4.78, 5) is 19.5. The van der Waals surface area contributed by atoms with Crippen molar-refractivity contribution in [1.29, 1.82) is 0 Å². The summed E-state index contributed by atoms with van der Waals surface area (Å²) in [5.41, 5.74) is 2.00. The van der Waals surface area contributed by atoms with Gasteiger partial charge >= 0.3 is 0 Å². The number of carbonyl (C=O) groups is 1. The van der Waals surface area contributed by atoms with Crippen molar-refractivity contribution >= 4 is 74.1 Å². The van der Waals surface area contributed by atoms with E-state index in [1.165, 1.54) is 11.8 Å². The molecule has 2 heterocycles. The van der Waals surface area contributed by atoms with Crippen molar-refractivity contribution in [3.63, 3.8) is 0 Å². The molecule has 1 fully saturated rings. The highest BCUT2D eigenvalue weighted by Gasteiger charge is 2.27. The van der Waals surface area contributed by atoms with E-state index in [-0.39, 0.29) is 5.91 Å². The number of nitrogens with zero attached hydrogens (tertiary/aromatic N) is 2. The van der Waals surface area contributed by atoms with Crippen LogP contribution in [0.5, 0.6) is 5.75 Å². The minimum Gasteiger partial charge on any atom is -0.487 e. The zero-order chi connectivity index (χ0) is 20.2. The summed E-state index contributed by atoms with van der Waals surface area (Å²) < 4.78 is 13.7. The fourth-order valence-corrected chi connectivity index (χ4v) is 6.00. The summed E-state index contributed by atoms with van der Waals surface area (Å²) in [6.07, 6.45) is 1.90. The van der Waals surface area contributed by atoms with Gasteiger partial charge in [0.25, 0.3) is 5.91 Å². The van der Waals surface area contributed by atoms with E-state index >= 15 is 0 Å². The first-order valence-electron chi connectivity index (χ1n) is 9.11. The summed E-state index contributed by atoms with van der Waals surface area (Å²) in [6.45, 7) is 3.33. The van der Waals surface area contributed by atoms with Crippen LogP contribution in [0.2, 0.25) is 0 Å². The number of carbonyl (C=O) groups excluding carboxylic acids is 1. The largest absolute Gasteiger partial charge is 0.487 e. The molecule has 0 bridgehead atoms. The summed E-state index contributed by atoms with van der Waals surface area (Å²) in [5.74, 6) is 0.593. The number of benzene rings is 2. The zero-order valence-electron chi connectivity index (χ0n) is 15.4. The lowest BCUT2D eigenvalue weighted by Crippen LogP contribution is -2.38. The van der Waals surface area contributed by atoms with E-state index in [9.17, 15) is 4.79 Å². The van der Waals surface area contributed by atoms with Gasteiger partial charge in [-0.1, -0.05) is 30.3 Å². The van der Waals surface area contributed by atoms with Crippen LogP contribution in [0.3, 0.4) is 0 Å². The molecule has 0 atom stereocenters. The number of ether oxygens (including phenoxy) is 2. The van der Waals surface area contributed by atoms with Crippen LogP contribution >= 0.6 is 56.9 Å². The second-order valence-electron chi connectivity index (χ2n) is 6.49. The van der Waals surface area contributed by atoms with Gasteiger partial charge in [0.1, 0.15) is 12.4 Å². The highest BCUT2D eigenvalue weighted by atomic mass is 127. The van der Waals surface area contributed by atoms with E-state index in [4.69, 9.17) is 9.47 Å². The molecule has 1 amide bonds. The fraction of sp³-hybridized carbons (Fsp3) is 0.238. The number of halogens is 2. The van der Waals surface area contributed by atoms with Gasteiger partial charge in [-0.15, -0.1) is 0 Å². The predicted molar refractivity (Wildman–Crippen MR) is 133 cm³/mol. The molecule has 4 rings (SSSR count). The number of amidine groups is 1. The van der Waals surface area contributed by atoms with E-state index in [1.807, 2.05) is 42.5 Å². The Balaban J connectivity index is 1.57. The molecule has 150 valence electrons. The van der Waals surface area contributed by atoms with Crippen LogP contribution < -0.4 is 4.74 Å². The molecule has 5 nitrogen and oxygen atoms in total. The van der Waals surface area contributed by atoms with Gasteiger partial charge in [0.2, 0.25) is 0 Å². The number of aliphatic imine (C=N–C) groups is 1. The third-order valence-electron chi connectivity index (χ3n) is 4.44. The molecular formula is C21H18I2N2O3S. The number of amides is 1. The topological polar surface area (TPSA) is 51.1 Å². The Labute approximate surface area is 201 Å². The zero-order valence-corrected chi connectivity index (χ0v) is 20.6. The Bertz CT molecular complexity index is 973. The molecule has 0 aromatic heterocycles. The molecule has 0 saturated carbocycles. The number of thioether (sulfide) groups is 1. The van der Waals surface area contributed by atoms with Crippen molar-refractivity contribution in [2.75, 3.05) is 26.3 Å². The van der Waals surface area contributed by atoms with Crippen molar-refractivity contribution in [3.8, 4) is 5.75 Å². The average Bonchev–Trinajstić information content (AvgIpc) is 3.09. The minimum atomic E-state index is -0.195. The lowest BCUT2D eigenvalue weighted by atomic mass is 10.2. The molecule has 0 unspecified atom stereocenters. The first-order chi connectivity index (χ1) is 14.1. The summed E-state index contributed by atoms with van der Waals surface area (Å²) in [7, 11) is 0. The monoisotopic (exact) mass is 632 g/mol. The molecule has 0 spiro atoms. The van der Waals surface area contributed by atoms with Crippen LogP contribution in [0.25, 0.3) is 6.08 Å². The first-order valence-corrected chi connectivity index (χ1v) is 12.1. The van der Waals surface area contributed by atoms with Gasteiger partial charge in [-0.2, -0.15) is 4.99 Å². The van der Waals surface area contributed by atoms with Gasteiger partial charge in [-0.05, 0) is 80.7 Å². The number of hydrogen-bond donors (Lipinski definition) is 0. The molecular weight excluding hydrogens is 614 g/mol. The molecule has 2 aromatic rings. The molecule has 0 N–H and O–H groups in total. The Kier molecular flexibility index (Phi) is 7.14. The Morgan fingerprint density at radius 1 is 1.17 bits per heavy atom.